The molecule has 0 saturated heterocycles. The number of rotatable bonds is 2. The molecule has 9 heteroatoms. The molecule has 1 aromatic carbocycles. The lowest BCUT2D eigenvalue weighted by atomic mass is 9.87. The number of phenolic OH excluding ortho intramolecular Hbond substituents is 3. The number of carbonyl (C=O) groups excluding carboxylic acids is 1. The van der Waals surface area contributed by atoms with E-state index in [1.165, 1.54) is 0 Å². The topological polar surface area (TPSA) is 168 Å². The van der Waals surface area contributed by atoms with Gasteiger partial charge in [-0.05, 0) is 12.1 Å². The maximum Gasteiger partial charge on any atom is 0.338 e. The molecule has 22 heavy (non-hydrogen) atoms. The smallest absolute Gasteiger partial charge is 0.338 e. The fourth-order valence-corrected chi connectivity index (χ4v) is 2.22. The zero-order chi connectivity index (χ0) is 16.6. The molecule has 0 aliphatic heterocycles. The van der Waals surface area contributed by atoms with E-state index in [0.717, 1.165) is 12.1 Å². The van der Waals surface area contributed by atoms with Crippen LogP contribution in [0, 0.1) is 0 Å². The van der Waals surface area contributed by atoms with Gasteiger partial charge in [-0.1, -0.05) is 0 Å². The minimum absolute atomic E-state index is 0.281. The maximum absolute atomic E-state index is 11.9. The van der Waals surface area contributed by atoms with Crippen LogP contribution >= 0.6 is 0 Å². The summed E-state index contributed by atoms with van der Waals surface area (Å²) in [6, 6.07) is 1.62. The molecule has 0 aromatic heterocycles. The van der Waals surface area contributed by atoms with Gasteiger partial charge in [0, 0.05) is 6.42 Å². The second-order valence-corrected chi connectivity index (χ2v) is 5.08. The Balaban J connectivity index is 2.20. The number of esters is 1. The van der Waals surface area contributed by atoms with E-state index in [-0.39, 0.29) is 12.0 Å². The van der Waals surface area contributed by atoms with Gasteiger partial charge in [-0.2, -0.15) is 0 Å². The second-order valence-electron chi connectivity index (χ2n) is 5.08. The van der Waals surface area contributed by atoms with Crippen LogP contribution in [-0.2, 0) is 4.74 Å². The Morgan fingerprint density at radius 3 is 1.86 bits per heavy atom. The van der Waals surface area contributed by atoms with Gasteiger partial charge >= 0.3 is 5.97 Å². The summed E-state index contributed by atoms with van der Waals surface area (Å²) in [4.78, 5) is 11.9. The number of hydrogen-bond acceptors (Lipinski definition) is 9. The van der Waals surface area contributed by atoms with Crippen molar-refractivity contribution in [2.75, 3.05) is 0 Å². The van der Waals surface area contributed by atoms with E-state index in [1.807, 2.05) is 0 Å². The third-order valence-electron chi connectivity index (χ3n) is 3.49. The first-order valence-corrected chi connectivity index (χ1v) is 6.40. The normalized spacial score (nSPS) is 31.7. The van der Waals surface area contributed by atoms with Crippen LogP contribution in [0.3, 0.4) is 0 Å². The van der Waals surface area contributed by atoms with Crippen molar-refractivity contribution in [3.8, 4) is 17.2 Å². The van der Waals surface area contributed by atoms with Gasteiger partial charge < -0.3 is 40.5 Å². The van der Waals surface area contributed by atoms with E-state index in [9.17, 15) is 40.5 Å². The largest absolute Gasteiger partial charge is 0.504 e. The molecule has 7 N–H and O–H groups in total. The molecule has 1 fully saturated rings. The SMILES string of the molecule is O=C(OC1[C@@H](O)[C@H](O)C[C@@H](O)[C@@H]1O)c1cc(O)c(O)c(O)c1. The Kier molecular flexibility index (Phi) is 4.42. The van der Waals surface area contributed by atoms with E-state index in [2.05, 4.69) is 0 Å². The van der Waals surface area contributed by atoms with Gasteiger partial charge in [0.1, 0.15) is 12.2 Å². The van der Waals surface area contributed by atoms with Crippen molar-refractivity contribution in [3.63, 3.8) is 0 Å². The Bertz CT molecular complexity index is 536. The molecule has 1 aromatic rings. The fourth-order valence-electron chi connectivity index (χ4n) is 2.22. The summed E-state index contributed by atoms with van der Waals surface area (Å²) in [5, 5.41) is 66.4. The number of phenols is 3. The molecule has 1 aliphatic rings. The molecule has 0 heterocycles. The van der Waals surface area contributed by atoms with E-state index >= 15 is 0 Å². The first kappa shape index (κ1) is 16.3. The Labute approximate surface area is 124 Å². The molecular formula is C13H16O9. The maximum atomic E-state index is 11.9. The average Bonchev–Trinajstić information content (AvgIpc) is 2.46. The molecule has 0 unspecified atom stereocenters. The number of aromatic hydroxyl groups is 3. The first-order chi connectivity index (χ1) is 10.2. The van der Waals surface area contributed by atoms with E-state index in [0.29, 0.717) is 0 Å². The highest BCUT2D eigenvalue weighted by Crippen LogP contribution is 2.36. The Morgan fingerprint density at radius 2 is 1.41 bits per heavy atom. The summed E-state index contributed by atoms with van der Waals surface area (Å²) >= 11 is 0. The van der Waals surface area contributed by atoms with Gasteiger partial charge in [0.2, 0.25) is 0 Å². The lowest BCUT2D eigenvalue weighted by molar-refractivity contribution is -0.177. The highest BCUT2D eigenvalue weighted by molar-refractivity contribution is 5.91. The van der Waals surface area contributed by atoms with Gasteiger partial charge in [0.15, 0.2) is 23.4 Å². The lowest BCUT2D eigenvalue weighted by Crippen LogP contribution is -2.57. The summed E-state index contributed by atoms with van der Waals surface area (Å²) in [7, 11) is 0. The number of aliphatic hydroxyl groups is 4. The van der Waals surface area contributed by atoms with Crippen molar-refractivity contribution >= 4 is 5.97 Å². The average molecular weight is 316 g/mol. The molecule has 0 amide bonds. The summed E-state index contributed by atoms with van der Waals surface area (Å²) < 4.78 is 4.83. The van der Waals surface area contributed by atoms with Crippen LogP contribution in [0.5, 0.6) is 17.2 Å². The van der Waals surface area contributed by atoms with Gasteiger partial charge in [0.25, 0.3) is 0 Å². The molecule has 1 aliphatic carbocycles. The van der Waals surface area contributed by atoms with Crippen LogP contribution < -0.4 is 0 Å². The molecule has 2 rings (SSSR count). The Morgan fingerprint density at radius 1 is 0.955 bits per heavy atom. The summed E-state index contributed by atoms with van der Waals surface area (Å²) in [5.41, 5.74) is -0.359. The van der Waals surface area contributed by atoms with Crippen LogP contribution in [-0.4, -0.2) is 72.2 Å². The molecule has 9 nitrogen and oxygen atoms in total. The number of aliphatic hydroxyl groups excluding tert-OH is 4. The number of benzene rings is 1. The Hall–Kier alpha value is -2.07. The molecule has 122 valence electrons. The van der Waals surface area contributed by atoms with Crippen molar-refractivity contribution < 1.29 is 45.3 Å². The number of ether oxygens (including phenoxy) is 1. The minimum atomic E-state index is -1.61. The van der Waals surface area contributed by atoms with Crippen LogP contribution in [0.25, 0.3) is 0 Å². The summed E-state index contributed by atoms with van der Waals surface area (Å²) in [6.07, 6.45) is -7.87. The number of hydrogen-bond donors (Lipinski definition) is 7. The lowest BCUT2D eigenvalue weighted by Gasteiger charge is -2.37. The predicted octanol–water partition coefficient (Wildman–Crippen LogP) is -1.82. The summed E-state index contributed by atoms with van der Waals surface area (Å²) in [5.74, 6) is -3.50. The third kappa shape index (κ3) is 2.92. The zero-order valence-electron chi connectivity index (χ0n) is 11.2. The van der Waals surface area contributed by atoms with Crippen molar-refractivity contribution in [2.24, 2.45) is 0 Å². The highest BCUT2D eigenvalue weighted by Gasteiger charge is 2.44. The van der Waals surface area contributed by atoms with Crippen LogP contribution in [0.4, 0.5) is 0 Å². The van der Waals surface area contributed by atoms with Crippen LogP contribution in [0.1, 0.15) is 16.8 Å². The van der Waals surface area contributed by atoms with Crippen molar-refractivity contribution in [1.82, 2.24) is 0 Å². The quantitative estimate of drug-likeness (QED) is 0.245. The van der Waals surface area contributed by atoms with Crippen molar-refractivity contribution in [3.05, 3.63) is 17.7 Å². The monoisotopic (exact) mass is 316 g/mol. The van der Waals surface area contributed by atoms with Gasteiger partial charge in [-0.15, -0.1) is 0 Å². The van der Waals surface area contributed by atoms with Gasteiger partial charge in [0.05, 0.1) is 17.8 Å². The van der Waals surface area contributed by atoms with Crippen molar-refractivity contribution in [1.29, 1.82) is 0 Å². The highest BCUT2D eigenvalue weighted by atomic mass is 16.6. The van der Waals surface area contributed by atoms with Gasteiger partial charge in [-0.3, -0.25) is 0 Å². The second kappa shape index (κ2) is 5.97. The van der Waals surface area contributed by atoms with Crippen LogP contribution in [0.15, 0.2) is 12.1 Å². The third-order valence-corrected chi connectivity index (χ3v) is 3.49. The standard InChI is InChI=1S/C13H16O9/c14-5-1-4(2-6(15)9(5)18)13(21)22-12-10(19)7(16)3-8(17)11(12)20/h1-2,7-8,10-12,14-20H,3H2/t7-,8-,10+,11+/m1/s1. The number of carbonyl (C=O) groups is 1. The first-order valence-electron chi connectivity index (χ1n) is 6.40. The molecular weight excluding hydrogens is 300 g/mol. The zero-order valence-corrected chi connectivity index (χ0v) is 11.2. The predicted molar refractivity (Wildman–Crippen MR) is 69.3 cm³/mol. The summed E-state index contributed by atoms with van der Waals surface area (Å²) in [6.45, 7) is 0. The van der Waals surface area contributed by atoms with E-state index in [4.69, 9.17) is 4.74 Å². The van der Waals surface area contributed by atoms with Crippen LogP contribution in [0.2, 0.25) is 0 Å². The molecule has 0 radical (unpaired) electrons. The van der Waals surface area contributed by atoms with E-state index < -0.39 is 53.7 Å². The van der Waals surface area contributed by atoms with Crippen molar-refractivity contribution in [2.45, 2.75) is 36.9 Å². The molecule has 0 bridgehead atoms. The molecule has 1 saturated carbocycles. The fraction of sp³-hybridized carbons (Fsp3) is 0.462. The minimum Gasteiger partial charge on any atom is -0.504 e. The van der Waals surface area contributed by atoms with Gasteiger partial charge in [-0.25, -0.2) is 4.79 Å². The molecule has 4 atom stereocenters. The van der Waals surface area contributed by atoms with E-state index in [1.54, 1.807) is 0 Å². The molecule has 0 spiro atoms.